The SMILES string of the molecule is CSc1ccccc1C(=O)NC(C)c1ccccc1C. The Balaban J connectivity index is 2.18. The first-order valence-corrected chi connectivity index (χ1v) is 7.85. The second-order valence-corrected chi connectivity index (χ2v) is 5.60. The molecular weight excluding hydrogens is 266 g/mol. The van der Waals surface area contributed by atoms with Gasteiger partial charge in [-0.3, -0.25) is 4.79 Å². The van der Waals surface area contributed by atoms with Crippen LogP contribution in [0, 0.1) is 6.92 Å². The standard InChI is InChI=1S/C17H19NOS/c1-12-8-4-5-9-14(12)13(2)18-17(19)15-10-6-7-11-16(15)20-3/h4-11,13H,1-3H3,(H,18,19). The lowest BCUT2D eigenvalue weighted by Crippen LogP contribution is -2.27. The molecule has 0 bridgehead atoms. The minimum absolute atomic E-state index is 0.00128. The molecule has 1 unspecified atom stereocenters. The number of rotatable bonds is 4. The van der Waals surface area contributed by atoms with Gasteiger partial charge < -0.3 is 5.32 Å². The maximum atomic E-state index is 12.4. The number of thioether (sulfide) groups is 1. The van der Waals surface area contributed by atoms with Gasteiger partial charge in [0, 0.05) is 4.90 Å². The highest BCUT2D eigenvalue weighted by Gasteiger charge is 2.15. The van der Waals surface area contributed by atoms with Crippen LogP contribution in [0.1, 0.15) is 34.5 Å². The molecule has 1 atom stereocenters. The Bertz CT molecular complexity index is 609. The summed E-state index contributed by atoms with van der Waals surface area (Å²) in [5, 5.41) is 3.08. The Hall–Kier alpha value is -1.74. The predicted molar refractivity (Wildman–Crippen MR) is 85.3 cm³/mol. The summed E-state index contributed by atoms with van der Waals surface area (Å²) in [5.41, 5.74) is 3.08. The molecule has 0 radical (unpaired) electrons. The quantitative estimate of drug-likeness (QED) is 0.853. The largest absolute Gasteiger partial charge is 0.345 e. The average Bonchev–Trinajstić information content (AvgIpc) is 2.47. The van der Waals surface area contributed by atoms with E-state index in [0.29, 0.717) is 0 Å². The second kappa shape index (κ2) is 6.62. The smallest absolute Gasteiger partial charge is 0.252 e. The van der Waals surface area contributed by atoms with Crippen molar-refractivity contribution in [2.75, 3.05) is 6.26 Å². The predicted octanol–water partition coefficient (Wildman–Crippen LogP) is 4.21. The lowest BCUT2D eigenvalue weighted by molar-refractivity contribution is 0.0937. The van der Waals surface area contributed by atoms with Gasteiger partial charge in [-0.2, -0.15) is 0 Å². The van der Waals surface area contributed by atoms with Crippen molar-refractivity contribution in [3.63, 3.8) is 0 Å². The molecule has 3 heteroatoms. The van der Waals surface area contributed by atoms with Crippen LogP contribution in [0.4, 0.5) is 0 Å². The zero-order valence-electron chi connectivity index (χ0n) is 12.0. The summed E-state index contributed by atoms with van der Waals surface area (Å²) in [6.07, 6.45) is 1.98. The molecule has 20 heavy (non-hydrogen) atoms. The van der Waals surface area contributed by atoms with Gasteiger partial charge in [0.2, 0.25) is 0 Å². The number of hydrogen-bond acceptors (Lipinski definition) is 2. The third kappa shape index (κ3) is 3.23. The van der Waals surface area contributed by atoms with Gasteiger partial charge in [-0.1, -0.05) is 36.4 Å². The van der Waals surface area contributed by atoms with E-state index in [1.165, 1.54) is 5.56 Å². The molecule has 104 valence electrons. The second-order valence-electron chi connectivity index (χ2n) is 4.75. The zero-order chi connectivity index (χ0) is 14.5. The molecule has 0 spiro atoms. The molecular formula is C17H19NOS. The lowest BCUT2D eigenvalue weighted by Gasteiger charge is -2.17. The van der Waals surface area contributed by atoms with Crippen molar-refractivity contribution in [2.45, 2.75) is 24.8 Å². The summed E-state index contributed by atoms with van der Waals surface area (Å²) >= 11 is 1.59. The van der Waals surface area contributed by atoms with E-state index in [1.807, 2.05) is 49.6 Å². The van der Waals surface area contributed by atoms with Gasteiger partial charge >= 0.3 is 0 Å². The summed E-state index contributed by atoms with van der Waals surface area (Å²) in [5.74, 6) is -0.0225. The van der Waals surface area contributed by atoms with E-state index in [-0.39, 0.29) is 11.9 Å². The Kier molecular flexibility index (Phi) is 4.85. The van der Waals surface area contributed by atoms with Crippen LogP contribution in [0.25, 0.3) is 0 Å². The molecule has 1 N–H and O–H groups in total. The van der Waals surface area contributed by atoms with Crippen LogP contribution in [0.15, 0.2) is 53.4 Å². The van der Waals surface area contributed by atoms with Crippen molar-refractivity contribution >= 4 is 17.7 Å². The summed E-state index contributed by atoms with van der Waals surface area (Å²) in [4.78, 5) is 13.4. The van der Waals surface area contributed by atoms with Crippen LogP contribution in [-0.2, 0) is 0 Å². The molecule has 0 aromatic heterocycles. The molecule has 2 aromatic rings. The van der Waals surface area contributed by atoms with E-state index in [4.69, 9.17) is 0 Å². The van der Waals surface area contributed by atoms with Gasteiger partial charge in [0.1, 0.15) is 0 Å². The number of benzene rings is 2. The molecule has 0 aliphatic rings. The normalized spacial score (nSPS) is 11.9. The molecule has 2 aromatic carbocycles. The van der Waals surface area contributed by atoms with Crippen molar-refractivity contribution in [2.24, 2.45) is 0 Å². The van der Waals surface area contributed by atoms with Gasteiger partial charge in [0.15, 0.2) is 0 Å². The minimum Gasteiger partial charge on any atom is -0.345 e. The van der Waals surface area contributed by atoms with E-state index in [2.05, 4.69) is 24.4 Å². The first kappa shape index (κ1) is 14.7. The van der Waals surface area contributed by atoms with E-state index in [9.17, 15) is 4.79 Å². The summed E-state index contributed by atoms with van der Waals surface area (Å²) in [6, 6.07) is 15.8. The topological polar surface area (TPSA) is 29.1 Å². The van der Waals surface area contributed by atoms with Crippen molar-refractivity contribution in [1.29, 1.82) is 0 Å². The lowest BCUT2D eigenvalue weighted by atomic mass is 10.0. The van der Waals surface area contributed by atoms with E-state index >= 15 is 0 Å². The van der Waals surface area contributed by atoms with E-state index < -0.39 is 0 Å². The van der Waals surface area contributed by atoms with E-state index in [0.717, 1.165) is 16.0 Å². The number of hydrogen-bond donors (Lipinski definition) is 1. The summed E-state index contributed by atoms with van der Waals surface area (Å²) in [6.45, 7) is 4.08. The molecule has 0 aliphatic heterocycles. The number of carbonyl (C=O) groups is 1. The zero-order valence-corrected chi connectivity index (χ0v) is 12.8. The molecule has 2 nitrogen and oxygen atoms in total. The fourth-order valence-corrected chi connectivity index (χ4v) is 2.85. The molecule has 2 rings (SSSR count). The van der Waals surface area contributed by atoms with Crippen molar-refractivity contribution in [1.82, 2.24) is 5.32 Å². The molecule has 0 fully saturated rings. The molecule has 0 saturated heterocycles. The third-order valence-corrected chi connectivity index (χ3v) is 4.15. The van der Waals surface area contributed by atoms with Gasteiger partial charge in [-0.25, -0.2) is 0 Å². The summed E-state index contributed by atoms with van der Waals surface area (Å²) < 4.78 is 0. The molecule has 0 heterocycles. The fourth-order valence-electron chi connectivity index (χ4n) is 2.26. The maximum Gasteiger partial charge on any atom is 0.252 e. The van der Waals surface area contributed by atoms with Crippen LogP contribution >= 0.6 is 11.8 Å². The van der Waals surface area contributed by atoms with Crippen LogP contribution in [0.5, 0.6) is 0 Å². The van der Waals surface area contributed by atoms with Gasteiger partial charge in [-0.15, -0.1) is 11.8 Å². The number of carbonyl (C=O) groups excluding carboxylic acids is 1. The molecule has 0 saturated carbocycles. The van der Waals surface area contributed by atoms with Crippen LogP contribution in [0.3, 0.4) is 0 Å². The van der Waals surface area contributed by atoms with Crippen molar-refractivity contribution in [3.05, 3.63) is 65.2 Å². The Morgan fingerprint density at radius 3 is 2.45 bits per heavy atom. The highest BCUT2D eigenvalue weighted by molar-refractivity contribution is 7.98. The first-order valence-electron chi connectivity index (χ1n) is 6.63. The van der Waals surface area contributed by atoms with E-state index in [1.54, 1.807) is 11.8 Å². The Labute approximate surface area is 124 Å². The van der Waals surface area contributed by atoms with Gasteiger partial charge in [0.25, 0.3) is 5.91 Å². The average molecular weight is 285 g/mol. The number of aryl methyl sites for hydroxylation is 1. The summed E-state index contributed by atoms with van der Waals surface area (Å²) in [7, 11) is 0. The number of nitrogens with one attached hydrogen (secondary N) is 1. The monoisotopic (exact) mass is 285 g/mol. The Morgan fingerprint density at radius 1 is 1.10 bits per heavy atom. The highest BCUT2D eigenvalue weighted by Crippen LogP contribution is 2.22. The van der Waals surface area contributed by atoms with Crippen molar-refractivity contribution in [3.8, 4) is 0 Å². The van der Waals surface area contributed by atoms with Gasteiger partial charge in [0.05, 0.1) is 11.6 Å². The van der Waals surface area contributed by atoms with Gasteiger partial charge in [-0.05, 0) is 43.4 Å². The third-order valence-electron chi connectivity index (χ3n) is 3.35. The first-order chi connectivity index (χ1) is 9.63. The minimum atomic E-state index is -0.0225. The van der Waals surface area contributed by atoms with Crippen LogP contribution < -0.4 is 5.32 Å². The molecule has 0 aliphatic carbocycles. The number of amides is 1. The van der Waals surface area contributed by atoms with Crippen molar-refractivity contribution < 1.29 is 4.79 Å². The fraction of sp³-hybridized carbons (Fsp3) is 0.235. The van der Waals surface area contributed by atoms with Crippen LogP contribution in [-0.4, -0.2) is 12.2 Å². The maximum absolute atomic E-state index is 12.4. The molecule has 1 amide bonds. The Morgan fingerprint density at radius 2 is 1.75 bits per heavy atom. The highest BCUT2D eigenvalue weighted by atomic mass is 32.2. The van der Waals surface area contributed by atoms with Crippen LogP contribution in [0.2, 0.25) is 0 Å².